The largest absolute Gasteiger partial charge is 0.469 e. The summed E-state index contributed by atoms with van der Waals surface area (Å²) in [6.07, 6.45) is 2.60. The molecule has 0 saturated heterocycles. The van der Waals surface area contributed by atoms with Gasteiger partial charge in [0.05, 0.1) is 13.5 Å². The van der Waals surface area contributed by atoms with Crippen molar-refractivity contribution in [3.05, 3.63) is 0 Å². The number of hydrogen-bond donors (Lipinski definition) is 0. The Morgan fingerprint density at radius 1 is 1.19 bits per heavy atom. The summed E-state index contributed by atoms with van der Waals surface area (Å²) < 4.78 is 4.53. The second-order valence-corrected chi connectivity index (χ2v) is 9.26. The van der Waals surface area contributed by atoms with Crippen LogP contribution in [0.15, 0.2) is 0 Å². The number of esters is 1. The lowest BCUT2D eigenvalue weighted by molar-refractivity contribution is -0.140. The molecule has 0 atom stereocenters. The van der Waals surface area contributed by atoms with Gasteiger partial charge in [0.25, 0.3) is 0 Å². The molecule has 0 fully saturated rings. The Balaban J connectivity index is 3.63. The molecule has 0 aliphatic rings. The third-order valence-electron chi connectivity index (χ3n) is 1.68. The SMILES string of the molecule is COC(=O)CCCC#CCC#C[Si](C)(C)C. The molecule has 0 heterocycles. The summed E-state index contributed by atoms with van der Waals surface area (Å²) in [5, 5.41) is 0. The van der Waals surface area contributed by atoms with E-state index in [2.05, 4.69) is 47.7 Å². The van der Waals surface area contributed by atoms with Crippen LogP contribution in [0.4, 0.5) is 0 Å². The number of ether oxygens (including phenoxy) is 1. The lowest BCUT2D eigenvalue weighted by atomic mass is 10.2. The molecule has 0 radical (unpaired) electrons. The number of hydrogen-bond acceptors (Lipinski definition) is 2. The van der Waals surface area contributed by atoms with Crippen LogP contribution in [0.2, 0.25) is 19.6 Å². The highest BCUT2D eigenvalue weighted by molar-refractivity contribution is 6.83. The third kappa shape index (κ3) is 10.9. The Kier molecular flexibility index (Phi) is 7.42. The average molecular weight is 236 g/mol. The highest BCUT2D eigenvalue weighted by Crippen LogP contribution is 1.97. The molecule has 0 rings (SSSR count). The molecule has 0 spiro atoms. The van der Waals surface area contributed by atoms with Crippen molar-refractivity contribution in [1.82, 2.24) is 0 Å². The van der Waals surface area contributed by atoms with Gasteiger partial charge >= 0.3 is 5.97 Å². The number of unbranched alkanes of at least 4 members (excludes halogenated alkanes) is 1. The van der Waals surface area contributed by atoms with Gasteiger partial charge in [-0.2, -0.15) is 0 Å². The van der Waals surface area contributed by atoms with Gasteiger partial charge in [-0.3, -0.25) is 4.79 Å². The van der Waals surface area contributed by atoms with Gasteiger partial charge < -0.3 is 4.74 Å². The number of carbonyl (C=O) groups is 1. The monoisotopic (exact) mass is 236 g/mol. The molecule has 0 aromatic carbocycles. The Hall–Kier alpha value is -1.19. The Labute approximate surface area is 99.8 Å². The van der Waals surface area contributed by atoms with Crippen LogP contribution in [-0.4, -0.2) is 21.2 Å². The van der Waals surface area contributed by atoms with E-state index in [1.165, 1.54) is 7.11 Å². The van der Waals surface area contributed by atoms with Crippen LogP contribution in [0.1, 0.15) is 25.7 Å². The van der Waals surface area contributed by atoms with Crippen molar-refractivity contribution in [2.24, 2.45) is 0 Å². The van der Waals surface area contributed by atoms with E-state index in [1.54, 1.807) is 0 Å². The van der Waals surface area contributed by atoms with E-state index in [0.29, 0.717) is 12.8 Å². The molecule has 0 bridgehead atoms. The van der Waals surface area contributed by atoms with Crippen molar-refractivity contribution in [3.8, 4) is 23.3 Å². The number of rotatable bonds is 3. The zero-order valence-corrected chi connectivity index (χ0v) is 11.6. The first-order chi connectivity index (χ1) is 7.45. The molecule has 3 heteroatoms. The predicted octanol–water partition coefficient (Wildman–Crippen LogP) is 2.60. The van der Waals surface area contributed by atoms with Crippen molar-refractivity contribution in [2.45, 2.75) is 45.3 Å². The first-order valence-electron chi connectivity index (χ1n) is 5.48. The average Bonchev–Trinajstić information content (AvgIpc) is 2.20. The van der Waals surface area contributed by atoms with Crippen LogP contribution in [0.25, 0.3) is 0 Å². The topological polar surface area (TPSA) is 26.3 Å². The Morgan fingerprint density at radius 2 is 1.88 bits per heavy atom. The molecule has 0 aromatic rings. The third-order valence-corrected chi connectivity index (χ3v) is 2.60. The second-order valence-electron chi connectivity index (χ2n) is 4.51. The Bertz CT molecular complexity index is 331. The van der Waals surface area contributed by atoms with Crippen LogP contribution in [0, 0.1) is 23.3 Å². The fraction of sp³-hybridized carbons (Fsp3) is 0.615. The van der Waals surface area contributed by atoms with Crippen molar-refractivity contribution in [3.63, 3.8) is 0 Å². The fourth-order valence-electron chi connectivity index (χ4n) is 0.928. The highest BCUT2D eigenvalue weighted by Gasteiger charge is 2.06. The van der Waals surface area contributed by atoms with Gasteiger partial charge in [-0.05, 0) is 6.42 Å². The summed E-state index contributed by atoms with van der Waals surface area (Å²) in [6.45, 7) is 6.64. The minimum Gasteiger partial charge on any atom is -0.469 e. The summed E-state index contributed by atoms with van der Waals surface area (Å²) in [5.74, 6) is 8.92. The van der Waals surface area contributed by atoms with E-state index in [1.807, 2.05) is 0 Å². The number of methoxy groups -OCH3 is 1. The highest BCUT2D eigenvalue weighted by atomic mass is 28.3. The summed E-state index contributed by atoms with van der Waals surface area (Å²) >= 11 is 0. The zero-order valence-electron chi connectivity index (χ0n) is 10.6. The molecule has 0 saturated carbocycles. The minimum atomic E-state index is -1.24. The van der Waals surface area contributed by atoms with Gasteiger partial charge in [0.2, 0.25) is 0 Å². The van der Waals surface area contributed by atoms with Gasteiger partial charge in [-0.15, -0.1) is 11.5 Å². The molecule has 0 aliphatic carbocycles. The van der Waals surface area contributed by atoms with Crippen LogP contribution in [0.3, 0.4) is 0 Å². The van der Waals surface area contributed by atoms with Gasteiger partial charge in [-0.1, -0.05) is 31.5 Å². The van der Waals surface area contributed by atoms with Gasteiger partial charge in [0.15, 0.2) is 0 Å². The first-order valence-corrected chi connectivity index (χ1v) is 8.98. The Morgan fingerprint density at radius 3 is 2.44 bits per heavy atom. The van der Waals surface area contributed by atoms with E-state index in [4.69, 9.17) is 0 Å². The maximum Gasteiger partial charge on any atom is 0.305 e. The molecule has 16 heavy (non-hydrogen) atoms. The van der Waals surface area contributed by atoms with Crippen molar-refractivity contribution < 1.29 is 9.53 Å². The lowest BCUT2D eigenvalue weighted by Crippen LogP contribution is -2.16. The zero-order chi connectivity index (χ0) is 12.4. The van der Waals surface area contributed by atoms with Crippen LogP contribution < -0.4 is 0 Å². The van der Waals surface area contributed by atoms with Crippen molar-refractivity contribution in [2.75, 3.05) is 7.11 Å². The van der Waals surface area contributed by atoms with E-state index >= 15 is 0 Å². The molecule has 0 aliphatic heterocycles. The van der Waals surface area contributed by atoms with E-state index in [9.17, 15) is 4.79 Å². The van der Waals surface area contributed by atoms with E-state index in [-0.39, 0.29) is 5.97 Å². The van der Waals surface area contributed by atoms with Gasteiger partial charge in [-0.25, -0.2) is 0 Å². The minimum absolute atomic E-state index is 0.166. The molecule has 0 N–H and O–H groups in total. The maximum atomic E-state index is 10.8. The normalized spacial score (nSPS) is 9.50. The summed E-state index contributed by atoms with van der Waals surface area (Å²) in [4.78, 5) is 10.8. The van der Waals surface area contributed by atoms with E-state index < -0.39 is 8.07 Å². The summed E-state index contributed by atoms with van der Waals surface area (Å²) in [7, 11) is 0.160. The fourth-order valence-corrected chi connectivity index (χ4v) is 1.55. The van der Waals surface area contributed by atoms with Crippen molar-refractivity contribution >= 4 is 14.0 Å². The van der Waals surface area contributed by atoms with Crippen LogP contribution >= 0.6 is 0 Å². The smallest absolute Gasteiger partial charge is 0.305 e. The molecule has 88 valence electrons. The molecule has 2 nitrogen and oxygen atoms in total. The predicted molar refractivity (Wildman–Crippen MR) is 69.4 cm³/mol. The maximum absolute atomic E-state index is 10.8. The first kappa shape index (κ1) is 14.8. The van der Waals surface area contributed by atoms with Gasteiger partial charge in [0, 0.05) is 12.8 Å². The van der Waals surface area contributed by atoms with E-state index in [0.717, 1.165) is 12.8 Å². The second kappa shape index (κ2) is 8.02. The molecule has 0 aromatic heterocycles. The van der Waals surface area contributed by atoms with Crippen LogP contribution in [-0.2, 0) is 9.53 Å². The van der Waals surface area contributed by atoms with Crippen LogP contribution in [0.5, 0.6) is 0 Å². The number of carbonyl (C=O) groups excluding carboxylic acids is 1. The molecular weight excluding hydrogens is 216 g/mol. The lowest BCUT2D eigenvalue weighted by Gasteiger charge is -2.02. The molecular formula is C13H20O2Si. The standard InChI is InChI=1S/C13H20O2Si/c1-15-13(14)11-9-7-5-6-8-10-12-16(2,3)4/h7-9,11H2,1-4H3. The van der Waals surface area contributed by atoms with Crippen molar-refractivity contribution in [1.29, 1.82) is 0 Å². The summed E-state index contributed by atoms with van der Waals surface area (Å²) in [6, 6.07) is 0. The molecule has 0 unspecified atom stereocenters. The quantitative estimate of drug-likeness (QED) is 0.326. The molecule has 0 amide bonds. The summed E-state index contributed by atoms with van der Waals surface area (Å²) in [5.41, 5.74) is 3.25. The van der Waals surface area contributed by atoms with Gasteiger partial charge in [0.1, 0.15) is 8.07 Å².